The summed E-state index contributed by atoms with van der Waals surface area (Å²) in [6.45, 7) is 3.24. The van der Waals surface area contributed by atoms with E-state index in [0.29, 0.717) is 22.9 Å². The topological polar surface area (TPSA) is 69.0 Å². The Labute approximate surface area is 235 Å². The largest absolute Gasteiger partial charge is 0.483 e. The van der Waals surface area contributed by atoms with Crippen molar-refractivity contribution in [1.82, 2.24) is 20.1 Å². The first-order valence-electron chi connectivity index (χ1n) is 15.2. The van der Waals surface area contributed by atoms with Crippen LogP contribution in [0.2, 0.25) is 0 Å². The third-order valence-corrected chi connectivity index (χ3v) is 11.8. The highest BCUT2D eigenvalue weighted by Crippen LogP contribution is 2.59. The van der Waals surface area contributed by atoms with Crippen molar-refractivity contribution in [2.45, 2.75) is 88.9 Å². The fourth-order valence-corrected chi connectivity index (χ4v) is 10.5. The van der Waals surface area contributed by atoms with E-state index in [9.17, 15) is 9.18 Å². The van der Waals surface area contributed by atoms with Gasteiger partial charge in [-0.3, -0.25) is 9.36 Å². The van der Waals surface area contributed by atoms with Gasteiger partial charge in [0.05, 0.1) is 5.75 Å². The Bertz CT molecular complexity index is 1180. The van der Waals surface area contributed by atoms with Gasteiger partial charge < -0.3 is 10.1 Å². The van der Waals surface area contributed by atoms with Gasteiger partial charge in [-0.2, -0.15) is 0 Å². The third kappa shape index (κ3) is 5.11. The molecule has 8 heteroatoms. The minimum atomic E-state index is -0.380. The average molecular weight is 553 g/mol. The van der Waals surface area contributed by atoms with Crippen molar-refractivity contribution in [1.29, 1.82) is 0 Å². The van der Waals surface area contributed by atoms with Crippen LogP contribution >= 0.6 is 11.8 Å². The maximum atomic E-state index is 14.2. The maximum Gasteiger partial charge on any atom is 0.230 e. The number of para-hydroxylation sites is 1. The summed E-state index contributed by atoms with van der Waals surface area (Å²) < 4.78 is 22.2. The zero-order chi connectivity index (χ0) is 26.6. The molecule has 6 nitrogen and oxygen atoms in total. The normalized spacial score (nSPS) is 34.9. The summed E-state index contributed by atoms with van der Waals surface area (Å²) in [4.78, 5) is 13.1. The Balaban J connectivity index is 1.02. The van der Waals surface area contributed by atoms with Crippen LogP contribution in [0.1, 0.15) is 83.0 Å². The van der Waals surface area contributed by atoms with Crippen molar-refractivity contribution in [3.8, 4) is 5.75 Å². The van der Waals surface area contributed by atoms with Gasteiger partial charge in [0.2, 0.25) is 5.91 Å². The molecule has 0 spiro atoms. The minimum absolute atomic E-state index is 0.0852. The zero-order valence-electron chi connectivity index (χ0n) is 23.0. The molecular formula is C31H41FN4O2S. The predicted molar refractivity (Wildman–Crippen MR) is 149 cm³/mol. The number of thioether (sulfide) groups is 1. The number of hydrogen-bond donors (Lipinski definition) is 1. The maximum absolute atomic E-state index is 14.2. The van der Waals surface area contributed by atoms with Gasteiger partial charge in [0, 0.05) is 12.6 Å². The van der Waals surface area contributed by atoms with E-state index in [2.05, 4.69) is 27.0 Å². The Morgan fingerprint density at radius 2 is 1.82 bits per heavy atom. The highest BCUT2D eigenvalue weighted by atomic mass is 32.2. The van der Waals surface area contributed by atoms with E-state index in [1.807, 2.05) is 0 Å². The van der Waals surface area contributed by atoms with Crippen LogP contribution in [-0.2, 0) is 11.4 Å². The number of halogens is 1. The number of benzene rings is 1. The van der Waals surface area contributed by atoms with Gasteiger partial charge in [-0.25, -0.2) is 4.39 Å². The molecule has 1 heterocycles. The molecule has 6 bridgehead atoms. The molecule has 1 aromatic carbocycles. The number of rotatable bonds is 10. The Kier molecular flexibility index (Phi) is 6.88. The molecule has 2 aromatic rings. The molecule has 210 valence electrons. The lowest BCUT2D eigenvalue weighted by atomic mass is 9.49. The van der Waals surface area contributed by atoms with Crippen LogP contribution in [0.3, 0.4) is 0 Å². The van der Waals surface area contributed by atoms with E-state index in [4.69, 9.17) is 4.74 Å². The van der Waals surface area contributed by atoms with E-state index in [-0.39, 0.29) is 30.1 Å². The van der Waals surface area contributed by atoms with Crippen LogP contribution in [0, 0.1) is 46.7 Å². The second kappa shape index (κ2) is 10.4. The molecule has 6 saturated carbocycles. The molecule has 0 unspecified atom stereocenters. The number of amides is 1. The summed E-state index contributed by atoms with van der Waals surface area (Å²) in [5, 5.41) is 13.1. The SMILES string of the molecule is C[C@H]([C@H]1C[C@@H]2CC[C@@H]1C2)n1c(COc2ccccc2F)nnc1SCC(=O)NCC12CC3CC(CC(C3)C1)C2. The molecule has 1 amide bonds. The summed E-state index contributed by atoms with van der Waals surface area (Å²) in [7, 11) is 0. The van der Waals surface area contributed by atoms with Gasteiger partial charge >= 0.3 is 0 Å². The molecule has 0 aliphatic heterocycles. The Morgan fingerprint density at radius 1 is 1.08 bits per heavy atom. The van der Waals surface area contributed by atoms with E-state index >= 15 is 0 Å². The second-order valence-electron chi connectivity index (χ2n) is 13.6. The molecule has 1 N–H and O–H groups in total. The number of ether oxygens (including phenoxy) is 1. The fraction of sp³-hybridized carbons (Fsp3) is 0.710. The average Bonchev–Trinajstić information content (AvgIpc) is 3.65. The van der Waals surface area contributed by atoms with E-state index in [1.54, 1.807) is 18.2 Å². The predicted octanol–water partition coefficient (Wildman–Crippen LogP) is 6.42. The molecule has 39 heavy (non-hydrogen) atoms. The minimum Gasteiger partial charge on any atom is -0.483 e. The number of carbonyl (C=O) groups is 1. The van der Waals surface area contributed by atoms with Crippen molar-refractivity contribution >= 4 is 17.7 Å². The lowest BCUT2D eigenvalue weighted by molar-refractivity contribution is -0.120. The monoisotopic (exact) mass is 552 g/mol. The molecule has 1 aromatic heterocycles. The number of fused-ring (bicyclic) bond motifs is 2. The van der Waals surface area contributed by atoms with Crippen molar-refractivity contribution in [2.24, 2.45) is 40.9 Å². The quantitative estimate of drug-likeness (QED) is 0.345. The van der Waals surface area contributed by atoms with Gasteiger partial charge in [0.1, 0.15) is 6.61 Å². The summed E-state index contributed by atoms with van der Waals surface area (Å²) in [5.74, 6) is 5.78. The molecule has 0 radical (unpaired) electrons. The lowest BCUT2D eigenvalue weighted by Gasteiger charge is -2.56. The smallest absolute Gasteiger partial charge is 0.230 e. The molecular weight excluding hydrogens is 511 g/mol. The number of aromatic nitrogens is 3. The molecule has 6 aliphatic rings. The lowest BCUT2D eigenvalue weighted by Crippen LogP contribution is -2.51. The number of nitrogens with zero attached hydrogens (tertiary/aromatic N) is 3. The van der Waals surface area contributed by atoms with Crippen LogP contribution in [0.15, 0.2) is 29.4 Å². The van der Waals surface area contributed by atoms with Crippen molar-refractivity contribution in [3.05, 3.63) is 35.9 Å². The molecule has 6 fully saturated rings. The number of nitrogens with one attached hydrogen (secondary N) is 1. The van der Waals surface area contributed by atoms with Crippen LogP contribution in [0.4, 0.5) is 4.39 Å². The Hall–Kier alpha value is -2.09. The molecule has 4 atom stereocenters. The highest BCUT2D eigenvalue weighted by molar-refractivity contribution is 7.99. The number of hydrogen-bond acceptors (Lipinski definition) is 5. The van der Waals surface area contributed by atoms with Gasteiger partial charge in [-0.1, -0.05) is 30.3 Å². The molecule has 8 rings (SSSR count). The highest BCUT2D eigenvalue weighted by Gasteiger charge is 2.50. The van der Waals surface area contributed by atoms with Gasteiger partial charge in [-0.15, -0.1) is 10.2 Å². The summed E-state index contributed by atoms with van der Waals surface area (Å²) in [5.41, 5.74) is 0.336. The zero-order valence-corrected chi connectivity index (χ0v) is 23.8. The Morgan fingerprint density at radius 3 is 2.49 bits per heavy atom. The standard InChI is InChI=1S/C31H41FN4O2S/c1-19(25-12-20-6-7-24(25)11-20)36-28(16-38-27-5-3-2-4-26(27)32)34-35-30(36)39-17-29(37)33-18-31-13-21-8-22(14-31)10-23(9-21)15-31/h2-5,19-25H,6-18H2,1H3,(H,33,37)/t19-,20-,21?,22?,23?,24-,25-,31?/m1/s1. The number of carbonyl (C=O) groups excluding carboxylic acids is 1. The fourth-order valence-electron chi connectivity index (χ4n) is 9.67. The molecule has 0 saturated heterocycles. The summed E-state index contributed by atoms with van der Waals surface area (Å²) >= 11 is 1.47. The second-order valence-corrected chi connectivity index (χ2v) is 14.5. The summed E-state index contributed by atoms with van der Waals surface area (Å²) in [6.07, 6.45) is 13.4. The van der Waals surface area contributed by atoms with Crippen LogP contribution < -0.4 is 10.1 Å². The van der Waals surface area contributed by atoms with Crippen molar-refractivity contribution in [3.63, 3.8) is 0 Å². The first-order chi connectivity index (χ1) is 18.9. The van der Waals surface area contributed by atoms with Crippen molar-refractivity contribution in [2.75, 3.05) is 12.3 Å². The van der Waals surface area contributed by atoms with Crippen LogP contribution in [0.25, 0.3) is 0 Å². The summed E-state index contributed by atoms with van der Waals surface area (Å²) in [6, 6.07) is 6.68. The van der Waals surface area contributed by atoms with Crippen LogP contribution in [0.5, 0.6) is 5.75 Å². The first kappa shape index (κ1) is 25.8. The van der Waals surface area contributed by atoms with Gasteiger partial charge in [0.25, 0.3) is 0 Å². The van der Waals surface area contributed by atoms with Gasteiger partial charge in [-0.05, 0) is 118 Å². The van der Waals surface area contributed by atoms with E-state index in [0.717, 1.165) is 41.3 Å². The first-order valence-corrected chi connectivity index (χ1v) is 16.1. The third-order valence-electron chi connectivity index (χ3n) is 10.9. The van der Waals surface area contributed by atoms with Crippen LogP contribution in [-0.4, -0.2) is 33.0 Å². The van der Waals surface area contributed by atoms with Gasteiger partial charge in [0.15, 0.2) is 22.5 Å². The molecule has 6 aliphatic carbocycles. The van der Waals surface area contributed by atoms with E-state index in [1.165, 1.54) is 82.0 Å². The van der Waals surface area contributed by atoms with Crippen molar-refractivity contribution < 1.29 is 13.9 Å². The van der Waals surface area contributed by atoms with E-state index < -0.39 is 0 Å².